The van der Waals surface area contributed by atoms with Gasteiger partial charge in [0.2, 0.25) is 5.91 Å². The number of guanidine groups is 1. The topological polar surface area (TPSA) is 65.8 Å². The smallest absolute Gasteiger partial charge is 0.246 e. The minimum atomic E-state index is 0. The number of halogens is 1. The second kappa shape index (κ2) is 11.0. The number of rotatable bonds is 6. The van der Waals surface area contributed by atoms with E-state index in [-0.39, 0.29) is 29.9 Å². The first-order valence-corrected chi connectivity index (χ1v) is 9.53. The highest BCUT2D eigenvalue weighted by atomic mass is 127. The maximum Gasteiger partial charge on any atom is 0.246 e. The fraction of sp³-hybridized carbons (Fsp3) is 0.450. The van der Waals surface area contributed by atoms with Gasteiger partial charge >= 0.3 is 0 Å². The number of nitrogens with one attached hydrogen (secondary N) is 1. The number of carbonyl (C=O) groups excluding carboxylic acids is 1. The van der Waals surface area contributed by atoms with E-state index in [1.807, 2.05) is 31.1 Å². The van der Waals surface area contributed by atoms with Crippen LogP contribution in [0.25, 0.3) is 0 Å². The summed E-state index contributed by atoms with van der Waals surface area (Å²) < 4.78 is 1.72. The van der Waals surface area contributed by atoms with Crippen molar-refractivity contribution in [2.45, 2.75) is 19.8 Å². The third kappa shape index (κ3) is 5.95. The molecule has 7 nitrogen and oxygen atoms in total. The van der Waals surface area contributed by atoms with Crippen molar-refractivity contribution in [3.63, 3.8) is 0 Å². The van der Waals surface area contributed by atoms with Gasteiger partial charge in [0.25, 0.3) is 0 Å². The van der Waals surface area contributed by atoms with Gasteiger partial charge in [-0.05, 0) is 25.3 Å². The Kier molecular flexibility index (Phi) is 8.75. The molecule has 0 spiro atoms. The lowest BCUT2D eigenvalue weighted by Gasteiger charge is -2.35. The Balaban J connectivity index is 0.00000280. The number of benzene rings is 1. The van der Waals surface area contributed by atoms with Gasteiger partial charge < -0.3 is 15.1 Å². The molecule has 0 radical (unpaired) electrons. The molecule has 152 valence electrons. The summed E-state index contributed by atoms with van der Waals surface area (Å²) in [6.07, 6.45) is 5.60. The number of hydrogen-bond donors (Lipinski definition) is 1. The normalized spacial score (nSPS) is 14.8. The fourth-order valence-electron chi connectivity index (χ4n) is 3.21. The maximum absolute atomic E-state index is 12.6. The summed E-state index contributed by atoms with van der Waals surface area (Å²) >= 11 is 0. The van der Waals surface area contributed by atoms with E-state index >= 15 is 0 Å². The van der Waals surface area contributed by atoms with Crippen LogP contribution in [-0.4, -0.2) is 59.3 Å². The zero-order valence-electron chi connectivity index (χ0n) is 16.5. The van der Waals surface area contributed by atoms with Crippen molar-refractivity contribution in [3.05, 3.63) is 48.3 Å². The van der Waals surface area contributed by atoms with E-state index < -0.39 is 0 Å². The average Bonchev–Trinajstić information content (AvgIpc) is 3.11. The monoisotopic (exact) mass is 496 g/mol. The first-order chi connectivity index (χ1) is 13.2. The number of hydrogen-bond acceptors (Lipinski definition) is 3. The summed E-state index contributed by atoms with van der Waals surface area (Å²) in [6, 6.07) is 10.5. The molecule has 1 N–H and O–H groups in total. The van der Waals surface area contributed by atoms with Crippen molar-refractivity contribution in [2.75, 3.05) is 37.6 Å². The first-order valence-electron chi connectivity index (χ1n) is 9.53. The number of aryl methyl sites for hydroxylation is 2. The summed E-state index contributed by atoms with van der Waals surface area (Å²) in [4.78, 5) is 21.2. The van der Waals surface area contributed by atoms with Crippen LogP contribution in [0.3, 0.4) is 0 Å². The van der Waals surface area contributed by atoms with E-state index in [9.17, 15) is 4.79 Å². The van der Waals surface area contributed by atoms with E-state index in [2.05, 4.69) is 34.7 Å². The molecule has 1 amide bonds. The second-order valence-electron chi connectivity index (χ2n) is 6.66. The van der Waals surface area contributed by atoms with Gasteiger partial charge in [0, 0.05) is 39.4 Å². The molecule has 1 saturated heterocycles. The standard InChI is InChI=1S/C20H28N6O.HI/c1-3-21-20(22-11-7-10-17-8-5-4-6-9-17)25-12-13-26(19(27)16-25)18-14-23-24(2)15-18;/h4-6,8-9,14-15H,3,7,10-13,16H2,1-2H3,(H,21,22);1H. The molecule has 1 aliphatic heterocycles. The Morgan fingerprint density at radius 1 is 1.25 bits per heavy atom. The van der Waals surface area contributed by atoms with E-state index in [4.69, 9.17) is 4.99 Å². The molecule has 28 heavy (non-hydrogen) atoms. The Labute approximate surface area is 183 Å². The van der Waals surface area contributed by atoms with E-state index in [0.29, 0.717) is 13.1 Å². The lowest BCUT2D eigenvalue weighted by Crippen LogP contribution is -2.55. The Morgan fingerprint density at radius 2 is 2.04 bits per heavy atom. The molecule has 0 saturated carbocycles. The molecular formula is C20H29IN6O. The van der Waals surface area contributed by atoms with Crippen LogP contribution in [0.1, 0.15) is 18.9 Å². The molecule has 3 rings (SSSR count). The van der Waals surface area contributed by atoms with Crippen LogP contribution < -0.4 is 10.2 Å². The molecule has 1 aliphatic rings. The van der Waals surface area contributed by atoms with E-state index in [1.54, 1.807) is 15.8 Å². The van der Waals surface area contributed by atoms with Gasteiger partial charge in [-0.2, -0.15) is 5.10 Å². The van der Waals surface area contributed by atoms with Crippen molar-refractivity contribution in [1.29, 1.82) is 0 Å². The highest BCUT2D eigenvalue weighted by molar-refractivity contribution is 14.0. The SMILES string of the molecule is CCNC(=NCCCc1ccccc1)N1CCN(c2cnn(C)c2)C(=O)C1.I. The van der Waals surface area contributed by atoms with Crippen molar-refractivity contribution in [3.8, 4) is 0 Å². The zero-order valence-corrected chi connectivity index (χ0v) is 18.9. The largest absolute Gasteiger partial charge is 0.357 e. The van der Waals surface area contributed by atoms with Crippen LogP contribution in [0.4, 0.5) is 5.69 Å². The summed E-state index contributed by atoms with van der Waals surface area (Å²) in [5.41, 5.74) is 2.19. The van der Waals surface area contributed by atoms with Gasteiger partial charge in [-0.3, -0.25) is 14.5 Å². The molecule has 1 aromatic carbocycles. The summed E-state index contributed by atoms with van der Waals surface area (Å²) in [5.74, 6) is 0.897. The second-order valence-corrected chi connectivity index (χ2v) is 6.66. The molecule has 8 heteroatoms. The quantitative estimate of drug-likeness (QED) is 0.289. The highest BCUT2D eigenvalue weighted by Crippen LogP contribution is 2.16. The van der Waals surface area contributed by atoms with Crippen LogP contribution in [0, 0.1) is 0 Å². The van der Waals surface area contributed by atoms with Crippen molar-refractivity contribution in [1.82, 2.24) is 20.0 Å². The van der Waals surface area contributed by atoms with Gasteiger partial charge in [-0.15, -0.1) is 24.0 Å². The molecule has 0 unspecified atom stereocenters. The Hall–Kier alpha value is -2.10. The molecular weight excluding hydrogens is 467 g/mol. The third-order valence-corrected chi connectivity index (χ3v) is 4.59. The van der Waals surface area contributed by atoms with Gasteiger partial charge in [-0.1, -0.05) is 30.3 Å². The molecule has 0 bridgehead atoms. The van der Waals surface area contributed by atoms with Crippen molar-refractivity contribution < 1.29 is 4.79 Å². The van der Waals surface area contributed by atoms with Crippen LogP contribution in [0.5, 0.6) is 0 Å². The lowest BCUT2D eigenvalue weighted by molar-refractivity contribution is -0.120. The average molecular weight is 496 g/mol. The number of anilines is 1. The molecule has 0 atom stereocenters. The van der Waals surface area contributed by atoms with E-state index in [0.717, 1.165) is 44.1 Å². The van der Waals surface area contributed by atoms with Gasteiger partial charge in [0.05, 0.1) is 11.9 Å². The summed E-state index contributed by atoms with van der Waals surface area (Å²) in [5, 5.41) is 7.48. The minimum Gasteiger partial charge on any atom is -0.357 e. The van der Waals surface area contributed by atoms with E-state index in [1.165, 1.54) is 5.56 Å². The molecule has 2 aromatic rings. The van der Waals surface area contributed by atoms with Crippen molar-refractivity contribution in [2.24, 2.45) is 12.0 Å². The molecule has 0 aliphatic carbocycles. The van der Waals surface area contributed by atoms with Crippen LogP contribution in [-0.2, 0) is 18.3 Å². The number of aliphatic imine (C=N–C) groups is 1. The predicted octanol–water partition coefficient (Wildman–Crippen LogP) is 2.29. The molecule has 1 fully saturated rings. The first kappa shape index (κ1) is 22.2. The molecule has 1 aromatic heterocycles. The predicted molar refractivity (Wildman–Crippen MR) is 123 cm³/mol. The van der Waals surface area contributed by atoms with Gasteiger partial charge in [0.15, 0.2) is 5.96 Å². The van der Waals surface area contributed by atoms with Gasteiger partial charge in [-0.25, -0.2) is 0 Å². The zero-order chi connectivity index (χ0) is 19.1. The van der Waals surface area contributed by atoms with Crippen LogP contribution in [0.2, 0.25) is 0 Å². The number of amides is 1. The lowest BCUT2D eigenvalue weighted by atomic mass is 10.1. The number of aromatic nitrogens is 2. The third-order valence-electron chi connectivity index (χ3n) is 4.59. The number of nitrogens with zero attached hydrogens (tertiary/aromatic N) is 5. The van der Waals surface area contributed by atoms with Gasteiger partial charge in [0.1, 0.15) is 6.54 Å². The highest BCUT2D eigenvalue weighted by Gasteiger charge is 2.27. The Bertz CT molecular complexity index is 776. The number of carbonyl (C=O) groups is 1. The minimum absolute atomic E-state index is 0. The van der Waals surface area contributed by atoms with Crippen LogP contribution >= 0.6 is 24.0 Å². The number of piperazine rings is 1. The Morgan fingerprint density at radius 3 is 2.68 bits per heavy atom. The summed E-state index contributed by atoms with van der Waals surface area (Å²) in [6.45, 7) is 5.31. The fourth-order valence-corrected chi connectivity index (χ4v) is 3.21. The molecule has 2 heterocycles. The van der Waals surface area contributed by atoms with Crippen molar-refractivity contribution >= 4 is 41.5 Å². The van der Waals surface area contributed by atoms with Crippen LogP contribution in [0.15, 0.2) is 47.7 Å². The maximum atomic E-state index is 12.6. The summed E-state index contributed by atoms with van der Waals surface area (Å²) in [7, 11) is 1.86.